The molecule has 0 radical (unpaired) electrons. The number of carbonyl (C=O) groups excluding carboxylic acids is 1. The first-order chi connectivity index (χ1) is 14.1. The van der Waals surface area contributed by atoms with Crippen LogP contribution in [0.15, 0.2) is 47.5 Å². The van der Waals surface area contributed by atoms with Gasteiger partial charge in [-0.3, -0.25) is 9.79 Å². The number of aliphatic imine (C=N–C) groups is 1. The number of aryl methyl sites for hydroxylation is 1. The van der Waals surface area contributed by atoms with Gasteiger partial charge in [-0.2, -0.15) is 0 Å². The second-order valence-electron chi connectivity index (χ2n) is 6.77. The zero-order valence-corrected chi connectivity index (χ0v) is 17.8. The first kappa shape index (κ1) is 22.3. The van der Waals surface area contributed by atoms with Crippen LogP contribution in [0.2, 0.25) is 0 Å². The summed E-state index contributed by atoms with van der Waals surface area (Å²) < 4.78 is 5.39. The number of amides is 1. The Labute approximate surface area is 173 Å². The first-order valence-corrected chi connectivity index (χ1v) is 10.0. The molecule has 0 bridgehead atoms. The number of hydrogen-bond donors (Lipinski definition) is 3. The van der Waals surface area contributed by atoms with E-state index < -0.39 is 0 Å². The number of rotatable bonds is 9. The highest BCUT2D eigenvalue weighted by atomic mass is 16.5. The number of carbonyl (C=O) groups is 1. The molecule has 0 aliphatic carbocycles. The summed E-state index contributed by atoms with van der Waals surface area (Å²) in [7, 11) is 3.34. The third kappa shape index (κ3) is 7.14. The third-order valence-electron chi connectivity index (χ3n) is 4.61. The molecule has 0 aliphatic heterocycles. The number of nitrogens with zero attached hydrogens (tertiary/aromatic N) is 1. The Kier molecular flexibility index (Phi) is 9.02. The minimum Gasteiger partial charge on any atom is -0.496 e. The highest BCUT2D eigenvalue weighted by Crippen LogP contribution is 2.19. The quantitative estimate of drug-likeness (QED) is 0.450. The normalized spacial score (nSPS) is 11.1. The summed E-state index contributed by atoms with van der Waals surface area (Å²) in [6.45, 7) is 6.32. The highest BCUT2D eigenvalue weighted by Gasteiger charge is 2.04. The van der Waals surface area contributed by atoms with Crippen molar-refractivity contribution in [3.05, 3.63) is 64.7 Å². The average Bonchev–Trinajstić information content (AvgIpc) is 2.74. The molecule has 0 aromatic heterocycles. The summed E-state index contributed by atoms with van der Waals surface area (Å²) >= 11 is 0. The number of guanidine groups is 1. The van der Waals surface area contributed by atoms with Crippen LogP contribution in [0.3, 0.4) is 0 Å². The Hall–Kier alpha value is -3.02. The van der Waals surface area contributed by atoms with Crippen molar-refractivity contribution in [2.75, 3.05) is 33.8 Å². The van der Waals surface area contributed by atoms with Crippen molar-refractivity contribution in [3.8, 4) is 5.75 Å². The van der Waals surface area contributed by atoms with Crippen molar-refractivity contribution in [2.45, 2.75) is 26.7 Å². The number of ether oxygens (including phenoxy) is 1. The van der Waals surface area contributed by atoms with Crippen LogP contribution in [0.1, 0.15) is 34.0 Å². The Balaban J connectivity index is 1.88. The Morgan fingerprint density at radius 2 is 1.86 bits per heavy atom. The fourth-order valence-electron chi connectivity index (χ4n) is 3.00. The molecule has 0 fully saturated rings. The average molecular weight is 397 g/mol. The minimum atomic E-state index is -0.0672. The molecule has 2 rings (SSSR count). The van der Waals surface area contributed by atoms with Crippen molar-refractivity contribution in [3.63, 3.8) is 0 Å². The summed E-state index contributed by atoms with van der Waals surface area (Å²) in [5, 5.41) is 9.29. The van der Waals surface area contributed by atoms with Gasteiger partial charge >= 0.3 is 0 Å². The zero-order chi connectivity index (χ0) is 21.1. The summed E-state index contributed by atoms with van der Waals surface area (Å²) in [5.41, 5.74) is 4.13. The lowest BCUT2D eigenvalue weighted by molar-refractivity contribution is 0.0963. The van der Waals surface area contributed by atoms with Gasteiger partial charge in [-0.1, -0.05) is 24.3 Å². The van der Waals surface area contributed by atoms with E-state index in [0.29, 0.717) is 12.1 Å². The molecule has 0 spiro atoms. The van der Waals surface area contributed by atoms with Crippen LogP contribution in [0.4, 0.5) is 0 Å². The minimum absolute atomic E-state index is 0.0672. The molecule has 2 aromatic rings. The molecule has 3 N–H and O–H groups in total. The van der Waals surface area contributed by atoms with Crippen molar-refractivity contribution in [2.24, 2.45) is 4.99 Å². The van der Waals surface area contributed by atoms with Crippen molar-refractivity contribution in [1.29, 1.82) is 0 Å². The largest absolute Gasteiger partial charge is 0.496 e. The van der Waals surface area contributed by atoms with E-state index in [1.165, 1.54) is 5.56 Å². The van der Waals surface area contributed by atoms with E-state index in [2.05, 4.69) is 46.1 Å². The molecular weight excluding hydrogens is 364 g/mol. The first-order valence-electron chi connectivity index (χ1n) is 10.0. The van der Waals surface area contributed by atoms with Crippen molar-refractivity contribution >= 4 is 11.9 Å². The topological polar surface area (TPSA) is 74.8 Å². The molecular formula is C23H32N4O2. The molecule has 0 saturated heterocycles. The summed E-state index contributed by atoms with van der Waals surface area (Å²) in [5.74, 6) is 1.65. The second-order valence-corrected chi connectivity index (χ2v) is 6.77. The van der Waals surface area contributed by atoms with Crippen LogP contribution in [-0.4, -0.2) is 45.7 Å². The van der Waals surface area contributed by atoms with Crippen LogP contribution in [0, 0.1) is 6.92 Å². The molecule has 0 aliphatic rings. The molecule has 6 heteroatoms. The van der Waals surface area contributed by atoms with Gasteiger partial charge in [-0.05, 0) is 61.6 Å². The van der Waals surface area contributed by atoms with E-state index in [4.69, 9.17) is 4.74 Å². The fraction of sp³-hybridized carbons (Fsp3) is 0.391. The molecule has 29 heavy (non-hydrogen) atoms. The lowest BCUT2D eigenvalue weighted by Gasteiger charge is -2.12. The second kappa shape index (κ2) is 11.7. The number of nitrogens with one attached hydrogen (secondary N) is 3. The number of hydrogen-bond acceptors (Lipinski definition) is 3. The number of methoxy groups -OCH3 is 1. The standard InChI is InChI=1S/C23H32N4O2/c1-5-25-23(27-14-12-19-10-9-17(2)21(16-19)29-4)26-13-11-18-7-6-8-20(15-18)22(28)24-3/h6-10,15-16H,5,11-14H2,1-4H3,(H,24,28)(H2,25,26,27). The van der Waals surface area contributed by atoms with Gasteiger partial charge in [0.15, 0.2) is 5.96 Å². The highest BCUT2D eigenvalue weighted by molar-refractivity contribution is 5.94. The van der Waals surface area contributed by atoms with Gasteiger partial charge in [0.2, 0.25) is 0 Å². The van der Waals surface area contributed by atoms with E-state index in [-0.39, 0.29) is 5.91 Å². The molecule has 156 valence electrons. The zero-order valence-electron chi connectivity index (χ0n) is 17.8. The van der Waals surface area contributed by atoms with E-state index in [9.17, 15) is 4.79 Å². The molecule has 0 saturated carbocycles. The van der Waals surface area contributed by atoms with E-state index >= 15 is 0 Å². The van der Waals surface area contributed by atoms with Gasteiger partial charge in [0.25, 0.3) is 5.91 Å². The van der Waals surface area contributed by atoms with Gasteiger partial charge in [0, 0.05) is 32.2 Å². The third-order valence-corrected chi connectivity index (χ3v) is 4.61. The Bertz CT molecular complexity index is 833. The lowest BCUT2D eigenvalue weighted by Crippen LogP contribution is -2.38. The molecule has 1 amide bonds. The Morgan fingerprint density at radius 1 is 1.07 bits per heavy atom. The smallest absolute Gasteiger partial charge is 0.251 e. The molecule has 0 heterocycles. The Morgan fingerprint density at radius 3 is 2.59 bits per heavy atom. The van der Waals surface area contributed by atoms with Gasteiger partial charge in [-0.15, -0.1) is 0 Å². The molecule has 0 atom stereocenters. The van der Waals surface area contributed by atoms with Crippen molar-refractivity contribution < 1.29 is 9.53 Å². The predicted molar refractivity (Wildman–Crippen MR) is 119 cm³/mol. The van der Waals surface area contributed by atoms with Gasteiger partial charge in [0.1, 0.15) is 5.75 Å². The van der Waals surface area contributed by atoms with Crippen LogP contribution in [-0.2, 0) is 12.8 Å². The van der Waals surface area contributed by atoms with Crippen LogP contribution < -0.4 is 20.7 Å². The summed E-state index contributed by atoms with van der Waals surface area (Å²) in [6, 6.07) is 14.0. The maximum atomic E-state index is 11.8. The maximum absolute atomic E-state index is 11.8. The van der Waals surface area contributed by atoms with Crippen LogP contribution in [0.5, 0.6) is 5.75 Å². The molecule has 6 nitrogen and oxygen atoms in total. The SMILES string of the molecule is CCNC(=NCCc1ccc(C)c(OC)c1)NCCc1cccc(C(=O)NC)c1. The van der Waals surface area contributed by atoms with E-state index in [0.717, 1.165) is 48.8 Å². The van der Waals surface area contributed by atoms with E-state index in [1.54, 1.807) is 14.2 Å². The molecule has 2 aromatic carbocycles. The molecule has 0 unspecified atom stereocenters. The summed E-state index contributed by atoms with van der Waals surface area (Å²) in [6.07, 6.45) is 1.66. The van der Waals surface area contributed by atoms with Crippen LogP contribution in [0.25, 0.3) is 0 Å². The van der Waals surface area contributed by atoms with Crippen molar-refractivity contribution in [1.82, 2.24) is 16.0 Å². The van der Waals surface area contributed by atoms with Gasteiger partial charge in [-0.25, -0.2) is 0 Å². The fourth-order valence-corrected chi connectivity index (χ4v) is 3.00. The van der Waals surface area contributed by atoms with Gasteiger partial charge < -0.3 is 20.7 Å². The number of benzene rings is 2. The van der Waals surface area contributed by atoms with Gasteiger partial charge in [0.05, 0.1) is 7.11 Å². The summed E-state index contributed by atoms with van der Waals surface area (Å²) in [4.78, 5) is 16.4. The van der Waals surface area contributed by atoms with Crippen LogP contribution >= 0.6 is 0 Å². The predicted octanol–water partition coefficient (Wildman–Crippen LogP) is 2.70. The maximum Gasteiger partial charge on any atom is 0.251 e. The van der Waals surface area contributed by atoms with E-state index in [1.807, 2.05) is 31.2 Å². The lowest BCUT2D eigenvalue weighted by atomic mass is 10.1. The monoisotopic (exact) mass is 396 g/mol.